The lowest BCUT2D eigenvalue weighted by Crippen LogP contribution is -2.34. The molecule has 5 nitrogen and oxygen atoms in total. The summed E-state index contributed by atoms with van der Waals surface area (Å²) in [4.78, 5) is 23.8. The Morgan fingerprint density at radius 2 is 2.00 bits per heavy atom. The molecule has 0 radical (unpaired) electrons. The lowest BCUT2D eigenvalue weighted by molar-refractivity contribution is -0.141. The monoisotopic (exact) mass is 320 g/mol. The van der Waals surface area contributed by atoms with Gasteiger partial charge < -0.3 is 15.3 Å². The number of nitrogens with one attached hydrogen (secondary N) is 1. The molecule has 1 unspecified atom stereocenters. The van der Waals surface area contributed by atoms with Crippen LogP contribution in [-0.2, 0) is 11.0 Å². The van der Waals surface area contributed by atoms with Crippen LogP contribution in [0.1, 0.15) is 12.0 Å². The van der Waals surface area contributed by atoms with Crippen LogP contribution in [0.25, 0.3) is 0 Å². The summed E-state index contributed by atoms with van der Waals surface area (Å²) >= 11 is 0. The molecule has 1 aliphatic rings. The van der Waals surface area contributed by atoms with E-state index >= 15 is 0 Å². The standard InChI is InChI=1S/C13H12F4N2O3/c14-8-1-2-10(9(5-8)13(15,16)17)18-12(22)19-4-3-7(6-19)11(20)21/h1-2,5,7H,3-4,6H2,(H,18,22)(H,20,21). The number of anilines is 1. The molecule has 120 valence electrons. The molecule has 1 heterocycles. The molecule has 1 aliphatic heterocycles. The van der Waals surface area contributed by atoms with Crippen molar-refractivity contribution in [2.75, 3.05) is 18.4 Å². The Hall–Kier alpha value is -2.32. The maximum Gasteiger partial charge on any atom is 0.418 e. The number of amides is 2. The van der Waals surface area contributed by atoms with Crippen molar-refractivity contribution in [2.45, 2.75) is 12.6 Å². The second kappa shape index (κ2) is 5.82. The zero-order valence-corrected chi connectivity index (χ0v) is 11.2. The van der Waals surface area contributed by atoms with E-state index in [-0.39, 0.29) is 19.5 Å². The molecule has 0 aliphatic carbocycles. The van der Waals surface area contributed by atoms with Gasteiger partial charge in [-0.2, -0.15) is 13.2 Å². The third-order valence-electron chi connectivity index (χ3n) is 3.35. The second-order valence-corrected chi connectivity index (χ2v) is 4.89. The molecule has 1 aromatic carbocycles. The summed E-state index contributed by atoms with van der Waals surface area (Å²) in [6.07, 6.45) is -4.59. The number of rotatable bonds is 2. The molecular formula is C13H12F4N2O3. The number of carboxylic acid groups (broad SMARTS) is 1. The summed E-state index contributed by atoms with van der Waals surface area (Å²) in [5, 5.41) is 10.9. The highest BCUT2D eigenvalue weighted by atomic mass is 19.4. The van der Waals surface area contributed by atoms with Crippen molar-refractivity contribution in [3.8, 4) is 0 Å². The summed E-state index contributed by atoms with van der Waals surface area (Å²) in [5.41, 5.74) is -1.87. The molecule has 1 fully saturated rings. The fourth-order valence-corrected chi connectivity index (χ4v) is 2.20. The molecule has 1 saturated heterocycles. The molecule has 22 heavy (non-hydrogen) atoms. The van der Waals surface area contributed by atoms with E-state index in [0.29, 0.717) is 6.07 Å². The van der Waals surface area contributed by atoms with E-state index < -0.39 is 41.2 Å². The van der Waals surface area contributed by atoms with Gasteiger partial charge in [0, 0.05) is 13.1 Å². The number of carbonyl (C=O) groups is 2. The number of carboxylic acids is 1. The Morgan fingerprint density at radius 3 is 2.55 bits per heavy atom. The van der Waals surface area contributed by atoms with Crippen LogP contribution in [-0.4, -0.2) is 35.1 Å². The Morgan fingerprint density at radius 1 is 1.32 bits per heavy atom. The zero-order chi connectivity index (χ0) is 16.5. The van der Waals surface area contributed by atoms with Gasteiger partial charge in [0.15, 0.2) is 0 Å². The summed E-state index contributed by atoms with van der Waals surface area (Å²) in [5.74, 6) is -2.87. The zero-order valence-electron chi connectivity index (χ0n) is 11.2. The molecule has 0 saturated carbocycles. The van der Waals surface area contributed by atoms with Crippen molar-refractivity contribution in [1.82, 2.24) is 4.90 Å². The van der Waals surface area contributed by atoms with Crippen LogP contribution in [0, 0.1) is 11.7 Å². The minimum absolute atomic E-state index is 0.0797. The highest BCUT2D eigenvalue weighted by Gasteiger charge is 2.36. The quantitative estimate of drug-likeness (QED) is 0.823. The van der Waals surface area contributed by atoms with Gasteiger partial charge in [-0.25, -0.2) is 9.18 Å². The minimum atomic E-state index is -4.82. The van der Waals surface area contributed by atoms with Gasteiger partial charge in [0.2, 0.25) is 0 Å². The number of nitrogens with zero attached hydrogens (tertiary/aromatic N) is 1. The largest absolute Gasteiger partial charge is 0.481 e. The summed E-state index contributed by atoms with van der Waals surface area (Å²) in [6.45, 7) is 0.0507. The first-order valence-corrected chi connectivity index (χ1v) is 6.34. The van der Waals surface area contributed by atoms with E-state index in [4.69, 9.17) is 5.11 Å². The second-order valence-electron chi connectivity index (χ2n) is 4.89. The van der Waals surface area contributed by atoms with E-state index in [0.717, 1.165) is 17.0 Å². The third kappa shape index (κ3) is 3.46. The molecule has 2 rings (SSSR count). The number of hydrogen-bond acceptors (Lipinski definition) is 2. The predicted molar refractivity (Wildman–Crippen MR) is 67.7 cm³/mol. The maximum absolute atomic E-state index is 13.0. The molecule has 2 amide bonds. The smallest absolute Gasteiger partial charge is 0.418 e. The van der Waals surface area contributed by atoms with Gasteiger partial charge in [0.05, 0.1) is 17.2 Å². The fourth-order valence-electron chi connectivity index (χ4n) is 2.20. The SMILES string of the molecule is O=C(O)C1CCN(C(=O)Nc2ccc(F)cc2C(F)(F)F)C1. The Balaban J connectivity index is 2.14. The predicted octanol–water partition coefficient (Wildman–Crippen LogP) is 2.78. The molecule has 2 N–H and O–H groups in total. The van der Waals surface area contributed by atoms with Crippen molar-refractivity contribution < 1.29 is 32.3 Å². The molecule has 1 atom stereocenters. The van der Waals surface area contributed by atoms with Gasteiger partial charge >= 0.3 is 18.2 Å². The topological polar surface area (TPSA) is 69.6 Å². The highest BCUT2D eigenvalue weighted by molar-refractivity contribution is 5.91. The highest BCUT2D eigenvalue weighted by Crippen LogP contribution is 2.35. The number of likely N-dealkylation sites (tertiary alicyclic amines) is 1. The maximum atomic E-state index is 13.0. The average Bonchev–Trinajstić information content (AvgIpc) is 2.89. The van der Waals surface area contributed by atoms with Gasteiger partial charge in [0.25, 0.3) is 0 Å². The van der Waals surface area contributed by atoms with Crippen LogP contribution in [0.4, 0.5) is 28.0 Å². The van der Waals surface area contributed by atoms with Gasteiger partial charge in [-0.15, -0.1) is 0 Å². The van der Waals surface area contributed by atoms with Gasteiger partial charge in [0.1, 0.15) is 5.82 Å². The van der Waals surface area contributed by atoms with Crippen molar-refractivity contribution >= 4 is 17.7 Å². The van der Waals surface area contributed by atoms with Crippen LogP contribution in [0.3, 0.4) is 0 Å². The number of aliphatic carboxylic acids is 1. The fraction of sp³-hybridized carbons (Fsp3) is 0.385. The molecule has 9 heteroatoms. The molecule has 0 aromatic heterocycles. The van der Waals surface area contributed by atoms with E-state index in [2.05, 4.69) is 5.32 Å². The van der Waals surface area contributed by atoms with Crippen LogP contribution < -0.4 is 5.32 Å². The van der Waals surface area contributed by atoms with Crippen LogP contribution in [0.5, 0.6) is 0 Å². The molecule has 1 aromatic rings. The number of alkyl halides is 3. The minimum Gasteiger partial charge on any atom is -0.481 e. The number of hydrogen-bond donors (Lipinski definition) is 2. The van der Waals surface area contributed by atoms with Crippen molar-refractivity contribution in [3.05, 3.63) is 29.6 Å². The Labute approximate surface area is 122 Å². The van der Waals surface area contributed by atoms with Crippen LogP contribution in [0.2, 0.25) is 0 Å². The van der Waals surface area contributed by atoms with E-state index in [1.807, 2.05) is 0 Å². The van der Waals surface area contributed by atoms with Crippen molar-refractivity contribution in [1.29, 1.82) is 0 Å². The summed E-state index contributed by atoms with van der Waals surface area (Å²) < 4.78 is 51.4. The van der Waals surface area contributed by atoms with Gasteiger partial charge in [-0.05, 0) is 24.6 Å². The molecule has 0 bridgehead atoms. The summed E-state index contributed by atoms with van der Waals surface area (Å²) in [7, 11) is 0. The van der Waals surface area contributed by atoms with E-state index in [1.165, 1.54) is 0 Å². The van der Waals surface area contributed by atoms with E-state index in [1.54, 1.807) is 0 Å². The van der Waals surface area contributed by atoms with Gasteiger partial charge in [-0.1, -0.05) is 0 Å². The lowest BCUT2D eigenvalue weighted by atomic mass is 10.1. The van der Waals surface area contributed by atoms with Gasteiger partial charge in [-0.3, -0.25) is 4.79 Å². The Bertz CT molecular complexity index is 603. The third-order valence-corrected chi connectivity index (χ3v) is 3.35. The number of urea groups is 1. The van der Waals surface area contributed by atoms with E-state index in [9.17, 15) is 27.2 Å². The number of carbonyl (C=O) groups excluding carboxylic acids is 1. The average molecular weight is 320 g/mol. The molecule has 0 spiro atoms. The van der Waals surface area contributed by atoms with Crippen LogP contribution >= 0.6 is 0 Å². The molecular weight excluding hydrogens is 308 g/mol. The van der Waals surface area contributed by atoms with Crippen LogP contribution in [0.15, 0.2) is 18.2 Å². The first-order valence-electron chi connectivity index (χ1n) is 6.34. The lowest BCUT2D eigenvalue weighted by Gasteiger charge is -2.19. The normalized spacial score (nSPS) is 18.4. The first kappa shape index (κ1) is 16.1. The van der Waals surface area contributed by atoms with Crippen molar-refractivity contribution in [2.24, 2.45) is 5.92 Å². The number of benzene rings is 1. The number of halogens is 4. The summed E-state index contributed by atoms with van der Waals surface area (Å²) in [6, 6.07) is 1.07. The van der Waals surface area contributed by atoms with Crippen molar-refractivity contribution in [3.63, 3.8) is 0 Å². The Kier molecular flexibility index (Phi) is 4.25. The first-order chi connectivity index (χ1) is 10.2.